The van der Waals surface area contributed by atoms with Crippen molar-refractivity contribution in [3.8, 4) is 5.75 Å². The molecule has 3 N–H and O–H groups in total. The number of halogens is 2. The van der Waals surface area contributed by atoms with Crippen LogP contribution in [0.25, 0.3) is 0 Å². The standard InChI is InChI=1S/C20H22BrClN2O3/c1-27-18-8-6-14(21)11-13(18)5-7-15-16(3-2-4-17(15)22)20(12-19(25)26)23-9-10-24-20/h2-4,6,8,11,23-24H,5,7,9-10,12H2,1H3,(H,25,26). The van der Waals surface area contributed by atoms with Gasteiger partial charge in [0, 0.05) is 22.6 Å². The van der Waals surface area contributed by atoms with Crippen LogP contribution in [0.3, 0.4) is 0 Å². The quantitative estimate of drug-likeness (QED) is 0.596. The maximum Gasteiger partial charge on any atom is 0.306 e. The molecule has 0 atom stereocenters. The molecule has 144 valence electrons. The number of rotatable bonds is 7. The summed E-state index contributed by atoms with van der Waals surface area (Å²) in [6.07, 6.45) is 1.34. The summed E-state index contributed by atoms with van der Waals surface area (Å²) in [5, 5.41) is 16.7. The molecule has 3 rings (SSSR count). The average Bonchev–Trinajstić information content (AvgIpc) is 3.09. The fourth-order valence-electron chi connectivity index (χ4n) is 3.67. The van der Waals surface area contributed by atoms with Gasteiger partial charge in [0.2, 0.25) is 0 Å². The van der Waals surface area contributed by atoms with Gasteiger partial charge in [-0.25, -0.2) is 0 Å². The Morgan fingerprint density at radius 3 is 2.67 bits per heavy atom. The number of hydrogen-bond donors (Lipinski definition) is 3. The molecule has 2 aromatic carbocycles. The highest BCUT2D eigenvalue weighted by Gasteiger charge is 2.39. The lowest BCUT2D eigenvalue weighted by Gasteiger charge is -2.31. The number of methoxy groups -OCH3 is 1. The maximum absolute atomic E-state index is 11.5. The smallest absolute Gasteiger partial charge is 0.306 e. The molecule has 0 aliphatic carbocycles. The number of hydrogen-bond acceptors (Lipinski definition) is 4. The van der Waals surface area contributed by atoms with Gasteiger partial charge < -0.3 is 9.84 Å². The second-order valence-electron chi connectivity index (χ2n) is 6.55. The van der Waals surface area contributed by atoms with E-state index in [0.717, 1.165) is 33.3 Å². The Kier molecular flexibility index (Phi) is 6.42. The van der Waals surface area contributed by atoms with Crippen LogP contribution in [0.1, 0.15) is 23.1 Å². The number of benzene rings is 2. The van der Waals surface area contributed by atoms with Gasteiger partial charge in [-0.1, -0.05) is 39.7 Å². The molecule has 0 radical (unpaired) electrons. The largest absolute Gasteiger partial charge is 0.496 e. The lowest BCUT2D eigenvalue weighted by atomic mass is 9.89. The van der Waals surface area contributed by atoms with Crippen molar-refractivity contribution in [3.05, 3.63) is 62.6 Å². The number of aryl methyl sites for hydroxylation is 1. The van der Waals surface area contributed by atoms with Crippen LogP contribution >= 0.6 is 27.5 Å². The van der Waals surface area contributed by atoms with Crippen molar-refractivity contribution in [1.82, 2.24) is 10.6 Å². The van der Waals surface area contributed by atoms with Gasteiger partial charge in [-0.2, -0.15) is 0 Å². The van der Waals surface area contributed by atoms with Gasteiger partial charge in [-0.15, -0.1) is 0 Å². The lowest BCUT2D eigenvalue weighted by molar-refractivity contribution is -0.139. The Bertz CT molecular complexity index is 838. The Balaban J connectivity index is 1.95. The monoisotopic (exact) mass is 452 g/mol. The molecule has 0 bridgehead atoms. The third-order valence-corrected chi connectivity index (χ3v) is 5.71. The summed E-state index contributed by atoms with van der Waals surface area (Å²) < 4.78 is 6.45. The number of carbonyl (C=O) groups is 1. The van der Waals surface area contributed by atoms with Gasteiger partial charge in [0.05, 0.1) is 13.5 Å². The van der Waals surface area contributed by atoms with Crippen LogP contribution in [-0.2, 0) is 23.3 Å². The Morgan fingerprint density at radius 2 is 2.00 bits per heavy atom. The minimum atomic E-state index is -0.864. The minimum absolute atomic E-state index is 0.0550. The molecule has 7 heteroatoms. The predicted molar refractivity (Wildman–Crippen MR) is 109 cm³/mol. The van der Waals surface area contributed by atoms with Crippen LogP contribution in [-0.4, -0.2) is 31.3 Å². The Hall–Kier alpha value is -1.60. The molecule has 2 aromatic rings. The molecule has 27 heavy (non-hydrogen) atoms. The van der Waals surface area contributed by atoms with Crippen molar-refractivity contribution < 1.29 is 14.6 Å². The highest BCUT2D eigenvalue weighted by atomic mass is 79.9. The van der Waals surface area contributed by atoms with Gasteiger partial charge in [-0.05, 0) is 53.8 Å². The molecule has 0 aromatic heterocycles. The molecule has 1 fully saturated rings. The van der Waals surface area contributed by atoms with Gasteiger partial charge in [0.15, 0.2) is 0 Å². The van der Waals surface area contributed by atoms with Crippen LogP contribution in [0.15, 0.2) is 40.9 Å². The van der Waals surface area contributed by atoms with Crippen molar-refractivity contribution in [1.29, 1.82) is 0 Å². The topological polar surface area (TPSA) is 70.6 Å². The van der Waals surface area contributed by atoms with Gasteiger partial charge in [0.1, 0.15) is 11.4 Å². The van der Waals surface area contributed by atoms with E-state index in [2.05, 4.69) is 26.6 Å². The Labute approximate surface area is 172 Å². The van der Waals surface area contributed by atoms with Gasteiger partial charge in [-0.3, -0.25) is 15.4 Å². The molecule has 0 amide bonds. The van der Waals surface area contributed by atoms with E-state index in [9.17, 15) is 9.90 Å². The van der Waals surface area contributed by atoms with Crippen LogP contribution in [0, 0.1) is 0 Å². The highest BCUT2D eigenvalue weighted by Crippen LogP contribution is 2.33. The first-order valence-corrected chi connectivity index (χ1v) is 9.94. The van der Waals surface area contributed by atoms with Crippen LogP contribution in [0.4, 0.5) is 0 Å². The van der Waals surface area contributed by atoms with Gasteiger partial charge >= 0.3 is 5.97 Å². The summed E-state index contributed by atoms with van der Waals surface area (Å²) in [6, 6.07) is 11.6. The summed E-state index contributed by atoms with van der Waals surface area (Å²) in [4.78, 5) is 11.5. The van der Waals surface area contributed by atoms with Crippen LogP contribution < -0.4 is 15.4 Å². The summed E-state index contributed by atoms with van der Waals surface area (Å²) >= 11 is 10.0. The summed E-state index contributed by atoms with van der Waals surface area (Å²) in [7, 11) is 1.65. The zero-order chi connectivity index (χ0) is 19.4. The molecule has 0 saturated carbocycles. The van der Waals surface area contributed by atoms with E-state index in [1.54, 1.807) is 7.11 Å². The molecule has 5 nitrogen and oxygen atoms in total. The third kappa shape index (κ3) is 4.46. The van der Waals surface area contributed by atoms with Crippen LogP contribution in [0.5, 0.6) is 5.75 Å². The summed E-state index contributed by atoms with van der Waals surface area (Å²) in [5.74, 6) is -0.0411. The first kappa shape index (κ1) is 20.1. The molecular weight excluding hydrogens is 432 g/mol. The summed E-state index contributed by atoms with van der Waals surface area (Å²) in [6.45, 7) is 1.41. The molecule has 0 unspecified atom stereocenters. The van der Waals surface area contributed by atoms with Crippen molar-refractivity contribution in [3.63, 3.8) is 0 Å². The number of aliphatic carboxylic acids is 1. The second-order valence-corrected chi connectivity index (χ2v) is 7.87. The fourth-order valence-corrected chi connectivity index (χ4v) is 4.34. The van der Waals surface area contributed by atoms with E-state index < -0.39 is 11.6 Å². The first-order valence-electron chi connectivity index (χ1n) is 8.77. The van der Waals surface area contributed by atoms with E-state index in [4.69, 9.17) is 16.3 Å². The number of ether oxygens (including phenoxy) is 1. The number of carboxylic acids is 1. The minimum Gasteiger partial charge on any atom is -0.496 e. The molecule has 1 saturated heterocycles. The number of carboxylic acid groups (broad SMARTS) is 1. The fraction of sp³-hybridized carbons (Fsp3) is 0.350. The average molecular weight is 454 g/mol. The molecule has 1 heterocycles. The van der Waals surface area contributed by atoms with E-state index in [0.29, 0.717) is 24.5 Å². The van der Waals surface area contributed by atoms with Crippen molar-refractivity contribution in [2.24, 2.45) is 0 Å². The molecular formula is C20H22BrClN2O3. The van der Waals surface area contributed by atoms with Gasteiger partial charge in [0.25, 0.3) is 0 Å². The van der Waals surface area contributed by atoms with E-state index in [-0.39, 0.29) is 6.42 Å². The van der Waals surface area contributed by atoms with Crippen molar-refractivity contribution >= 4 is 33.5 Å². The third-order valence-electron chi connectivity index (χ3n) is 4.86. The lowest BCUT2D eigenvalue weighted by Crippen LogP contribution is -2.48. The zero-order valence-corrected chi connectivity index (χ0v) is 17.4. The molecule has 1 aliphatic heterocycles. The number of nitrogens with one attached hydrogen (secondary N) is 2. The normalized spacial score (nSPS) is 15.7. The SMILES string of the molecule is COc1ccc(Br)cc1CCc1c(Cl)cccc1C1(CC(=O)O)NCCN1. The zero-order valence-electron chi connectivity index (χ0n) is 15.0. The summed E-state index contributed by atoms with van der Waals surface area (Å²) in [5.41, 5.74) is 2.11. The van der Waals surface area contributed by atoms with E-state index in [1.807, 2.05) is 36.4 Å². The molecule has 0 spiro atoms. The second kappa shape index (κ2) is 8.61. The first-order chi connectivity index (χ1) is 12.9. The van der Waals surface area contributed by atoms with Crippen molar-refractivity contribution in [2.75, 3.05) is 20.2 Å². The molecule has 1 aliphatic rings. The highest BCUT2D eigenvalue weighted by molar-refractivity contribution is 9.10. The van der Waals surface area contributed by atoms with Crippen molar-refractivity contribution in [2.45, 2.75) is 24.9 Å². The predicted octanol–water partition coefficient (Wildman–Crippen LogP) is 3.72. The van der Waals surface area contributed by atoms with E-state index >= 15 is 0 Å². The van der Waals surface area contributed by atoms with E-state index in [1.165, 1.54) is 0 Å². The maximum atomic E-state index is 11.5. The Morgan fingerprint density at radius 1 is 1.26 bits per heavy atom. The van der Waals surface area contributed by atoms with Crippen LogP contribution in [0.2, 0.25) is 5.02 Å².